The van der Waals surface area contributed by atoms with Crippen LogP contribution in [0.2, 0.25) is 0 Å². The highest BCUT2D eigenvalue weighted by molar-refractivity contribution is 7.89. The summed E-state index contributed by atoms with van der Waals surface area (Å²) in [6.45, 7) is 8.79. The second-order valence-corrected chi connectivity index (χ2v) is 9.31. The summed E-state index contributed by atoms with van der Waals surface area (Å²) in [5.74, 6) is 1.25. The lowest BCUT2D eigenvalue weighted by Gasteiger charge is -2.21. The van der Waals surface area contributed by atoms with Crippen LogP contribution < -0.4 is 4.74 Å². The Morgan fingerprint density at radius 3 is 2.32 bits per heavy atom. The summed E-state index contributed by atoms with van der Waals surface area (Å²) in [7, 11) is -1.99. The zero-order valence-corrected chi connectivity index (χ0v) is 19.6. The fraction of sp³-hybridized carbons (Fsp3) is 0.455. The van der Waals surface area contributed by atoms with E-state index >= 15 is 0 Å². The van der Waals surface area contributed by atoms with Crippen LogP contribution in [0.1, 0.15) is 43.8 Å². The minimum atomic E-state index is -3.61. The van der Waals surface area contributed by atoms with Crippen LogP contribution >= 0.6 is 0 Å². The van der Waals surface area contributed by atoms with E-state index in [1.54, 1.807) is 36.2 Å². The molecule has 3 rings (SSSR count). The van der Waals surface area contributed by atoms with Crippen LogP contribution in [0.15, 0.2) is 39.8 Å². The molecule has 31 heavy (non-hydrogen) atoms. The van der Waals surface area contributed by atoms with Crippen molar-refractivity contribution in [3.63, 3.8) is 0 Å². The van der Waals surface area contributed by atoms with E-state index in [4.69, 9.17) is 9.15 Å². The van der Waals surface area contributed by atoms with E-state index in [0.717, 1.165) is 24.2 Å². The van der Waals surface area contributed by atoms with Gasteiger partial charge in [0.2, 0.25) is 15.9 Å². The normalized spacial score (nSPS) is 11.9. The first kappa shape index (κ1) is 23.0. The number of oxazole rings is 1. The lowest BCUT2D eigenvalue weighted by atomic mass is 10.2. The fourth-order valence-corrected chi connectivity index (χ4v) is 5.58. The van der Waals surface area contributed by atoms with Crippen molar-refractivity contribution in [3.05, 3.63) is 47.6 Å². The third-order valence-electron chi connectivity index (χ3n) is 5.06. The lowest BCUT2D eigenvalue weighted by molar-refractivity contribution is 0.409. The van der Waals surface area contributed by atoms with Crippen LogP contribution in [-0.4, -0.2) is 47.7 Å². The molecule has 1 aromatic carbocycles. The molecule has 0 saturated carbocycles. The van der Waals surface area contributed by atoms with E-state index in [9.17, 15) is 8.42 Å². The molecule has 0 amide bonds. The van der Waals surface area contributed by atoms with Crippen molar-refractivity contribution < 1.29 is 17.6 Å². The number of nitrogens with zero attached hydrogens (tertiary/aromatic N) is 4. The predicted octanol–water partition coefficient (Wildman–Crippen LogP) is 4.02. The van der Waals surface area contributed by atoms with Gasteiger partial charge in [-0.25, -0.2) is 13.4 Å². The van der Waals surface area contributed by atoms with E-state index in [2.05, 4.69) is 10.1 Å². The highest BCUT2D eigenvalue weighted by Crippen LogP contribution is 2.26. The topological polar surface area (TPSA) is 90.5 Å². The quantitative estimate of drug-likeness (QED) is 0.467. The summed E-state index contributed by atoms with van der Waals surface area (Å²) in [5, 5.41) is 4.49. The van der Waals surface area contributed by atoms with Gasteiger partial charge < -0.3 is 9.15 Å². The molecule has 0 unspecified atom stereocenters. The Bertz CT molecular complexity index is 1110. The number of methoxy groups -OCH3 is 1. The summed E-state index contributed by atoms with van der Waals surface area (Å²) in [5.41, 5.74) is 2.59. The second kappa shape index (κ2) is 9.65. The predicted molar refractivity (Wildman–Crippen MR) is 119 cm³/mol. The Hall–Kier alpha value is -2.65. The minimum absolute atomic E-state index is 0.285. The van der Waals surface area contributed by atoms with E-state index < -0.39 is 10.0 Å². The van der Waals surface area contributed by atoms with Crippen molar-refractivity contribution in [1.29, 1.82) is 0 Å². The molecule has 8 nitrogen and oxygen atoms in total. The third kappa shape index (κ3) is 4.83. The maximum atomic E-state index is 13.3. The molecule has 0 fully saturated rings. The summed E-state index contributed by atoms with van der Waals surface area (Å²) in [6, 6.07) is 7.43. The summed E-state index contributed by atoms with van der Waals surface area (Å²) >= 11 is 0. The van der Waals surface area contributed by atoms with Crippen molar-refractivity contribution >= 4 is 10.0 Å². The van der Waals surface area contributed by atoms with Crippen molar-refractivity contribution in [1.82, 2.24) is 19.1 Å². The van der Waals surface area contributed by atoms with Gasteiger partial charge in [-0.2, -0.15) is 9.40 Å². The molecule has 0 bridgehead atoms. The number of sulfonamides is 1. The van der Waals surface area contributed by atoms with Gasteiger partial charge in [0.1, 0.15) is 22.6 Å². The lowest BCUT2D eigenvalue weighted by Crippen LogP contribution is -2.33. The summed E-state index contributed by atoms with van der Waals surface area (Å²) in [4.78, 5) is 4.82. The number of hydrogen-bond donors (Lipinski definition) is 0. The molecule has 0 N–H and O–H groups in total. The molecular formula is C22H30N4O4S. The van der Waals surface area contributed by atoms with Crippen LogP contribution in [0.5, 0.6) is 5.75 Å². The molecule has 2 aromatic heterocycles. The Balaban J connectivity index is 1.86. The SMILES string of the molecule is CCCN(CCC)S(=O)(=O)c1c(C)nn(Cc2coc(-c3ccc(OC)cc3)n2)c1C. The van der Waals surface area contributed by atoms with Gasteiger partial charge in [-0.15, -0.1) is 0 Å². The van der Waals surface area contributed by atoms with Crippen LogP contribution in [0.3, 0.4) is 0 Å². The third-order valence-corrected chi connectivity index (χ3v) is 7.21. The van der Waals surface area contributed by atoms with Gasteiger partial charge in [0.05, 0.1) is 25.0 Å². The molecule has 3 aromatic rings. The van der Waals surface area contributed by atoms with Crippen LogP contribution in [-0.2, 0) is 16.6 Å². The molecule has 0 atom stereocenters. The molecule has 0 spiro atoms. The van der Waals surface area contributed by atoms with Crippen molar-refractivity contribution in [2.75, 3.05) is 20.2 Å². The van der Waals surface area contributed by atoms with Crippen LogP contribution in [0.25, 0.3) is 11.5 Å². The zero-order chi connectivity index (χ0) is 22.6. The van der Waals surface area contributed by atoms with E-state index in [1.807, 2.05) is 38.1 Å². The average molecular weight is 447 g/mol. The number of aryl methyl sites for hydroxylation is 1. The zero-order valence-electron chi connectivity index (χ0n) is 18.8. The summed E-state index contributed by atoms with van der Waals surface area (Å²) in [6.07, 6.45) is 3.10. The van der Waals surface area contributed by atoms with Crippen molar-refractivity contribution in [2.24, 2.45) is 0 Å². The van der Waals surface area contributed by atoms with Gasteiger partial charge in [-0.3, -0.25) is 4.68 Å². The van der Waals surface area contributed by atoms with Gasteiger partial charge in [-0.1, -0.05) is 13.8 Å². The largest absolute Gasteiger partial charge is 0.497 e. The molecule has 0 aliphatic carbocycles. The Kier molecular flexibility index (Phi) is 7.17. The highest BCUT2D eigenvalue weighted by atomic mass is 32.2. The highest BCUT2D eigenvalue weighted by Gasteiger charge is 2.30. The van der Waals surface area contributed by atoms with E-state index in [1.165, 1.54) is 0 Å². The van der Waals surface area contributed by atoms with E-state index in [-0.39, 0.29) is 4.90 Å². The first-order chi connectivity index (χ1) is 14.8. The molecule has 0 radical (unpaired) electrons. The van der Waals surface area contributed by atoms with E-state index in [0.29, 0.717) is 42.6 Å². The first-order valence-corrected chi connectivity index (χ1v) is 11.9. The Labute approximate surface area is 183 Å². The van der Waals surface area contributed by atoms with Gasteiger partial charge >= 0.3 is 0 Å². The molecule has 168 valence electrons. The number of aromatic nitrogens is 3. The molecular weight excluding hydrogens is 416 g/mol. The summed E-state index contributed by atoms with van der Waals surface area (Å²) < 4.78 is 40.6. The monoisotopic (exact) mass is 446 g/mol. The number of ether oxygens (including phenoxy) is 1. The molecule has 0 aliphatic heterocycles. The fourth-order valence-electron chi connectivity index (χ4n) is 3.59. The average Bonchev–Trinajstić information content (AvgIpc) is 3.32. The first-order valence-electron chi connectivity index (χ1n) is 10.4. The molecule has 0 saturated heterocycles. The maximum Gasteiger partial charge on any atom is 0.246 e. The van der Waals surface area contributed by atoms with Crippen LogP contribution in [0, 0.1) is 13.8 Å². The standard InChI is InChI=1S/C22H30N4O4S/c1-6-12-25(13-7-2)31(27,28)21-16(3)24-26(17(21)4)14-19-15-30-22(23-19)18-8-10-20(29-5)11-9-18/h8-11,15H,6-7,12-14H2,1-5H3. The second-order valence-electron chi connectivity index (χ2n) is 7.43. The maximum absolute atomic E-state index is 13.3. The number of rotatable bonds is 10. The Morgan fingerprint density at radius 1 is 1.10 bits per heavy atom. The van der Waals surface area contributed by atoms with Gasteiger partial charge in [0.25, 0.3) is 0 Å². The van der Waals surface area contributed by atoms with Gasteiger partial charge in [0.15, 0.2) is 0 Å². The Morgan fingerprint density at radius 2 is 1.74 bits per heavy atom. The molecule has 0 aliphatic rings. The number of benzene rings is 1. The van der Waals surface area contributed by atoms with Crippen molar-refractivity contribution in [2.45, 2.75) is 52.0 Å². The molecule has 9 heteroatoms. The molecule has 2 heterocycles. The smallest absolute Gasteiger partial charge is 0.246 e. The van der Waals surface area contributed by atoms with Gasteiger partial charge in [-0.05, 0) is 51.0 Å². The van der Waals surface area contributed by atoms with Crippen LogP contribution in [0.4, 0.5) is 0 Å². The number of hydrogen-bond acceptors (Lipinski definition) is 6. The van der Waals surface area contributed by atoms with Gasteiger partial charge in [0, 0.05) is 18.7 Å². The minimum Gasteiger partial charge on any atom is -0.497 e. The van der Waals surface area contributed by atoms with Crippen molar-refractivity contribution in [3.8, 4) is 17.2 Å².